The number of hydrogen-bond acceptors (Lipinski definition) is 5. The second kappa shape index (κ2) is 8.49. The third-order valence-electron chi connectivity index (χ3n) is 3.41. The summed E-state index contributed by atoms with van der Waals surface area (Å²) in [6.07, 6.45) is 2.23. The Morgan fingerprint density at radius 1 is 1.16 bits per heavy atom. The van der Waals surface area contributed by atoms with Crippen molar-refractivity contribution in [2.24, 2.45) is 5.10 Å². The molecule has 0 aliphatic heterocycles. The highest BCUT2D eigenvalue weighted by molar-refractivity contribution is 6.39. The molecule has 2 aromatic carbocycles. The first-order valence-corrected chi connectivity index (χ1v) is 7.63. The highest BCUT2D eigenvalue weighted by atomic mass is 16.5. The number of hydrogen-bond donors (Lipinski definition) is 3. The SMILES string of the molecule is CCc1ccc(NC(=O)C(=O)NN=Cc2ccc(O)c(OC)c2)cc1. The molecule has 0 fully saturated rings. The van der Waals surface area contributed by atoms with Crippen LogP contribution in [0.15, 0.2) is 47.6 Å². The molecule has 0 saturated heterocycles. The Hall–Kier alpha value is -3.35. The number of nitrogens with zero attached hydrogens (tertiary/aromatic N) is 1. The summed E-state index contributed by atoms with van der Waals surface area (Å²) < 4.78 is 4.97. The van der Waals surface area contributed by atoms with Gasteiger partial charge in [0, 0.05) is 5.69 Å². The molecular formula is C18H19N3O4. The second-order valence-electron chi connectivity index (χ2n) is 5.14. The fourth-order valence-corrected chi connectivity index (χ4v) is 2.00. The molecule has 0 bridgehead atoms. The maximum Gasteiger partial charge on any atom is 0.329 e. The van der Waals surface area contributed by atoms with Crippen molar-refractivity contribution in [3.05, 3.63) is 53.6 Å². The molecule has 130 valence electrons. The molecule has 7 nitrogen and oxygen atoms in total. The molecule has 25 heavy (non-hydrogen) atoms. The lowest BCUT2D eigenvalue weighted by atomic mass is 10.1. The van der Waals surface area contributed by atoms with Crippen LogP contribution in [0.25, 0.3) is 0 Å². The summed E-state index contributed by atoms with van der Waals surface area (Å²) in [5.41, 5.74) is 4.40. The minimum Gasteiger partial charge on any atom is -0.504 e. The highest BCUT2D eigenvalue weighted by Crippen LogP contribution is 2.25. The topological polar surface area (TPSA) is 100 Å². The van der Waals surface area contributed by atoms with Gasteiger partial charge in [0.1, 0.15) is 0 Å². The van der Waals surface area contributed by atoms with Crippen LogP contribution in [-0.2, 0) is 16.0 Å². The van der Waals surface area contributed by atoms with Gasteiger partial charge in [-0.3, -0.25) is 9.59 Å². The predicted molar refractivity (Wildman–Crippen MR) is 94.8 cm³/mol. The number of carbonyl (C=O) groups excluding carboxylic acids is 2. The fraction of sp³-hybridized carbons (Fsp3) is 0.167. The Labute approximate surface area is 145 Å². The van der Waals surface area contributed by atoms with Crippen molar-refractivity contribution in [2.75, 3.05) is 12.4 Å². The third kappa shape index (κ3) is 5.07. The summed E-state index contributed by atoms with van der Waals surface area (Å²) in [6.45, 7) is 2.03. The second-order valence-corrected chi connectivity index (χ2v) is 5.14. The van der Waals surface area contributed by atoms with E-state index in [2.05, 4.69) is 15.8 Å². The van der Waals surface area contributed by atoms with Crippen LogP contribution >= 0.6 is 0 Å². The lowest BCUT2D eigenvalue weighted by Gasteiger charge is -2.05. The first kappa shape index (κ1) is 18.0. The standard InChI is InChI=1S/C18H19N3O4/c1-3-12-4-7-14(8-5-12)20-17(23)18(24)21-19-11-13-6-9-15(22)16(10-13)25-2/h4-11,22H,3H2,1-2H3,(H,20,23)(H,21,24). The van der Waals surface area contributed by atoms with Crippen LogP contribution in [0.2, 0.25) is 0 Å². The minimum absolute atomic E-state index is 0.00263. The lowest BCUT2D eigenvalue weighted by Crippen LogP contribution is -2.32. The van der Waals surface area contributed by atoms with Crippen LogP contribution in [-0.4, -0.2) is 30.2 Å². The number of phenolic OH excluding ortho intramolecular Hbond substituents is 1. The van der Waals surface area contributed by atoms with Crippen molar-refractivity contribution in [1.29, 1.82) is 0 Å². The number of anilines is 1. The maximum absolute atomic E-state index is 11.8. The highest BCUT2D eigenvalue weighted by Gasteiger charge is 2.12. The molecule has 0 unspecified atom stereocenters. The lowest BCUT2D eigenvalue weighted by molar-refractivity contribution is -0.136. The van der Waals surface area contributed by atoms with Crippen LogP contribution in [0.1, 0.15) is 18.1 Å². The molecule has 0 spiro atoms. The van der Waals surface area contributed by atoms with Crippen molar-refractivity contribution in [2.45, 2.75) is 13.3 Å². The number of hydrazone groups is 1. The van der Waals surface area contributed by atoms with E-state index in [1.165, 1.54) is 19.4 Å². The maximum atomic E-state index is 11.8. The van der Waals surface area contributed by atoms with Crippen molar-refractivity contribution in [1.82, 2.24) is 5.43 Å². The molecule has 0 aromatic heterocycles. The third-order valence-corrected chi connectivity index (χ3v) is 3.41. The predicted octanol–water partition coefficient (Wildman–Crippen LogP) is 2.05. The van der Waals surface area contributed by atoms with Crippen LogP contribution in [0.4, 0.5) is 5.69 Å². The number of ether oxygens (including phenoxy) is 1. The van der Waals surface area contributed by atoms with Crippen molar-refractivity contribution in [3.8, 4) is 11.5 Å². The average Bonchev–Trinajstić information content (AvgIpc) is 2.63. The molecule has 0 aliphatic rings. The number of benzene rings is 2. The van der Waals surface area contributed by atoms with Gasteiger partial charge in [-0.2, -0.15) is 5.10 Å². The molecule has 0 atom stereocenters. The summed E-state index contributed by atoms with van der Waals surface area (Å²) in [6, 6.07) is 11.8. The van der Waals surface area contributed by atoms with E-state index in [1.807, 2.05) is 19.1 Å². The molecular weight excluding hydrogens is 322 g/mol. The number of amides is 2. The number of carbonyl (C=O) groups is 2. The van der Waals surface area contributed by atoms with E-state index in [-0.39, 0.29) is 11.5 Å². The zero-order valence-electron chi connectivity index (χ0n) is 13.9. The van der Waals surface area contributed by atoms with Gasteiger partial charge < -0.3 is 15.2 Å². The zero-order valence-corrected chi connectivity index (χ0v) is 13.9. The van der Waals surface area contributed by atoms with Gasteiger partial charge in [-0.25, -0.2) is 5.43 Å². The first-order valence-electron chi connectivity index (χ1n) is 7.63. The number of methoxy groups -OCH3 is 1. The molecule has 0 heterocycles. The van der Waals surface area contributed by atoms with E-state index < -0.39 is 11.8 Å². The average molecular weight is 341 g/mol. The van der Waals surface area contributed by atoms with Crippen molar-refractivity contribution >= 4 is 23.7 Å². The molecule has 2 amide bonds. The zero-order chi connectivity index (χ0) is 18.2. The van der Waals surface area contributed by atoms with Gasteiger partial charge in [0.15, 0.2) is 11.5 Å². The van der Waals surface area contributed by atoms with Gasteiger partial charge in [0.2, 0.25) is 0 Å². The van der Waals surface area contributed by atoms with Gasteiger partial charge in [-0.05, 0) is 47.9 Å². The Morgan fingerprint density at radius 3 is 2.52 bits per heavy atom. The first-order chi connectivity index (χ1) is 12.0. The van der Waals surface area contributed by atoms with Gasteiger partial charge in [-0.1, -0.05) is 19.1 Å². The van der Waals surface area contributed by atoms with Gasteiger partial charge in [0.05, 0.1) is 13.3 Å². The quantitative estimate of drug-likeness (QED) is 0.440. The molecule has 2 rings (SSSR count). The van der Waals surface area contributed by atoms with Crippen LogP contribution < -0.4 is 15.5 Å². The number of aromatic hydroxyl groups is 1. The Bertz CT molecular complexity index is 785. The molecule has 0 radical (unpaired) electrons. The number of rotatable bonds is 5. The van der Waals surface area contributed by atoms with E-state index in [0.717, 1.165) is 12.0 Å². The summed E-state index contributed by atoms with van der Waals surface area (Å²) in [4.78, 5) is 23.5. The van der Waals surface area contributed by atoms with E-state index in [9.17, 15) is 14.7 Å². The summed E-state index contributed by atoms with van der Waals surface area (Å²) in [7, 11) is 1.43. The molecule has 7 heteroatoms. The van der Waals surface area contributed by atoms with Gasteiger partial charge in [0.25, 0.3) is 0 Å². The van der Waals surface area contributed by atoms with E-state index >= 15 is 0 Å². The van der Waals surface area contributed by atoms with Crippen LogP contribution in [0.5, 0.6) is 11.5 Å². The van der Waals surface area contributed by atoms with E-state index in [0.29, 0.717) is 11.3 Å². The molecule has 2 aromatic rings. The van der Waals surface area contributed by atoms with Crippen LogP contribution in [0, 0.1) is 0 Å². The Balaban J connectivity index is 1.91. The van der Waals surface area contributed by atoms with Crippen molar-refractivity contribution < 1.29 is 19.4 Å². The summed E-state index contributed by atoms with van der Waals surface area (Å²) in [5.74, 6) is -1.42. The molecule has 3 N–H and O–H groups in total. The van der Waals surface area contributed by atoms with Crippen LogP contribution in [0.3, 0.4) is 0 Å². The van der Waals surface area contributed by atoms with E-state index in [4.69, 9.17) is 4.74 Å². The normalized spacial score (nSPS) is 10.5. The number of phenols is 1. The van der Waals surface area contributed by atoms with Crippen molar-refractivity contribution in [3.63, 3.8) is 0 Å². The summed E-state index contributed by atoms with van der Waals surface area (Å²) in [5, 5.41) is 15.7. The fourth-order valence-electron chi connectivity index (χ4n) is 2.00. The number of nitrogens with one attached hydrogen (secondary N) is 2. The van der Waals surface area contributed by atoms with Gasteiger partial charge in [-0.15, -0.1) is 0 Å². The Morgan fingerprint density at radius 2 is 1.88 bits per heavy atom. The summed E-state index contributed by atoms with van der Waals surface area (Å²) >= 11 is 0. The Kier molecular flexibility index (Phi) is 6.11. The molecule has 0 aliphatic carbocycles. The smallest absolute Gasteiger partial charge is 0.329 e. The number of aryl methyl sites for hydroxylation is 1. The monoisotopic (exact) mass is 341 g/mol. The van der Waals surface area contributed by atoms with Gasteiger partial charge >= 0.3 is 11.8 Å². The largest absolute Gasteiger partial charge is 0.504 e. The minimum atomic E-state index is -0.887. The van der Waals surface area contributed by atoms with E-state index in [1.54, 1.807) is 24.3 Å². The molecule has 0 saturated carbocycles.